The van der Waals surface area contributed by atoms with E-state index < -0.39 is 0 Å². The summed E-state index contributed by atoms with van der Waals surface area (Å²) in [5.41, 5.74) is 6.81. The first-order chi connectivity index (χ1) is 22.3. The zero-order chi connectivity index (χ0) is 29.7. The van der Waals surface area contributed by atoms with Gasteiger partial charge in [-0.05, 0) is 63.0 Å². The van der Waals surface area contributed by atoms with Crippen LogP contribution >= 0.6 is 0 Å². The van der Waals surface area contributed by atoms with Crippen molar-refractivity contribution < 1.29 is 4.42 Å². The van der Waals surface area contributed by atoms with Gasteiger partial charge >= 0.3 is 0 Å². The third-order valence-electron chi connectivity index (χ3n) is 8.52. The molecule has 9 aromatic rings. The molecule has 0 atom stereocenters. The van der Waals surface area contributed by atoms with Crippen LogP contribution in [0, 0.1) is 0 Å². The Balaban J connectivity index is 1.13. The summed E-state index contributed by atoms with van der Waals surface area (Å²) in [7, 11) is 0. The lowest BCUT2D eigenvalue weighted by Crippen LogP contribution is -2.00. The Morgan fingerprint density at radius 1 is 0.311 bits per heavy atom. The van der Waals surface area contributed by atoms with Gasteiger partial charge in [-0.1, -0.05) is 121 Å². The fourth-order valence-electron chi connectivity index (χ4n) is 6.22. The molecule has 45 heavy (non-hydrogen) atoms. The molecular weight excluding hydrogens is 550 g/mol. The highest BCUT2D eigenvalue weighted by molar-refractivity contribution is 6.08. The highest BCUT2D eigenvalue weighted by atomic mass is 16.3. The minimum absolute atomic E-state index is 0.622. The van der Waals surface area contributed by atoms with Crippen molar-refractivity contribution in [2.75, 3.05) is 0 Å². The van der Waals surface area contributed by atoms with E-state index in [-0.39, 0.29) is 0 Å². The molecule has 0 unspecified atom stereocenters. The third kappa shape index (κ3) is 4.43. The first kappa shape index (κ1) is 25.4. The van der Waals surface area contributed by atoms with Crippen LogP contribution in [0.4, 0.5) is 0 Å². The zero-order valence-electron chi connectivity index (χ0n) is 24.2. The minimum Gasteiger partial charge on any atom is -0.456 e. The van der Waals surface area contributed by atoms with Crippen molar-refractivity contribution in [1.29, 1.82) is 0 Å². The van der Waals surface area contributed by atoms with Gasteiger partial charge in [-0.2, -0.15) is 0 Å². The predicted molar refractivity (Wildman–Crippen MR) is 184 cm³/mol. The van der Waals surface area contributed by atoms with E-state index in [0.29, 0.717) is 17.5 Å². The summed E-state index contributed by atoms with van der Waals surface area (Å²) in [6, 6.07) is 52.4. The molecule has 0 fully saturated rings. The van der Waals surface area contributed by atoms with Crippen LogP contribution in [0.2, 0.25) is 0 Å². The van der Waals surface area contributed by atoms with Crippen molar-refractivity contribution in [3.8, 4) is 45.3 Å². The maximum Gasteiger partial charge on any atom is 0.164 e. The highest BCUT2D eigenvalue weighted by Gasteiger charge is 2.15. The molecule has 0 bridgehead atoms. The van der Waals surface area contributed by atoms with Crippen LogP contribution in [0.25, 0.3) is 88.8 Å². The Labute approximate surface area is 259 Å². The zero-order valence-corrected chi connectivity index (χ0v) is 24.2. The number of hydrogen-bond acceptors (Lipinski definition) is 4. The number of para-hydroxylation sites is 1. The molecular formula is C41H25N3O. The molecule has 210 valence electrons. The van der Waals surface area contributed by atoms with E-state index in [2.05, 4.69) is 91.0 Å². The number of benzene rings is 7. The summed E-state index contributed by atoms with van der Waals surface area (Å²) < 4.78 is 6.07. The molecule has 2 heterocycles. The first-order valence-corrected chi connectivity index (χ1v) is 15.0. The standard InChI is InChI=1S/C41H25N3O/c1-2-9-28(10-3-1)39-42-40(44-41(43-39)32-21-23-38-36(25-32)35-12-6-7-13-37(35)45-38)29-17-14-26(15-18-29)30-20-22-34-31(24-30)19-16-27-8-4-5-11-33(27)34/h1-25H. The summed E-state index contributed by atoms with van der Waals surface area (Å²) in [6.45, 7) is 0. The molecule has 0 N–H and O–H groups in total. The van der Waals surface area contributed by atoms with Crippen LogP contribution in [-0.2, 0) is 0 Å². The van der Waals surface area contributed by atoms with Gasteiger partial charge in [0.25, 0.3) is 0 Å². The van der Waals surface area contributed by atoms with Crippen LogP contribution in [0.1, 0.15) is 0 Å². The summed E-state index contributed by atoms with van der Waals surface area (Å²) in [5.74, 6) is 1.89. The van der Waals surface area contributed by atoms with Gasteiger partial charge in [-0.3, -0.25) is 0 Å². The average molecular weight is 576 g/mol. The van der Waals surface area contributed by atoms with Gasteiger partial charge in [0.05, 0.1) is 0 Å². The summed E-state index contributed by atoms with van der Waals surface area (Å²) in [4.78, 5) is 14.9. The van der Waals surface area contributed by atoms with Crippen LogP contribution in [-0.4, -0.2) is 15.0 Å². The molecule has 0 spiro atoms. The molecule has 9 rings (SSSR count). The van der Waals surface area contributed by atoms with Crippen molar-refractivity contribution in [3.05, 3.63) is 152 Å². The van der Waals surface area contributed by atoms with Crippen molar-refractivity contribution in [1.82, 2.24) is 15.0 Å². The van der Waals surface area contributed by atoms with Gasteiger partial charge in [0.2, 0.25) is 0 Å². The number of rotatable bonds is 4. The number of furan rings is 1. The lowest BCUT2D eigenvalue weighted by atomic mass is 9.97. The van der Waals surface area contributed by atoms with Gasteiger partial charge in [0, 0.05) is 27.5 Å². The van der Waals surface area contributed by atoms with Crippen LogP contribution in [0.15, 0.2) is 156 Å². The van der Waals surface area contributed by atoms with Gasteiger partial charge in [0.15, 0.2) is 17.5 Å². The molecule has 0 amide bonds. The Kier molecular flexibility index (Phi) is 5.78. The molecule has 4 nitrogen and oxygen atoms in total. The van der Waals surface area contributed by atoms with Crippen molar-refractivity contribution in [2.24, 2.45) is 0 Å². The molecule has 0 saturated heterocycles. The molecule has 2 aromatic heterocycles. The van der Waals surface area contributed by atoms with Gasteiger partial charge in [0.1, 0.15) is 11.2 Å². The highest BCUT2D eigenvalue weighted by Crippen LogP contribution is 2.34. The Morgan fingerprint density at radius 3 is 1.69 bits per heavy atom. The van der Waals surface area contributed by atoms with Crippen molar-refractivity contribution >= 4 is 43.5 Å². The molecule has 0 aliphatic heterocycles. The molecule has 7 aromatic carbocycles. The van der Waals surface area contributed by atoms with Gasteiger partial charge in [-0.15, -0.1) is 0 Å². The van der Waals surface area contributed by atoms with E-state index in [1.54, 1.807) is 0 Å². The van der Waals surface area contributed by atoms with E-state index in [0.717, 1.165) is 44.2 Å². The van der Waals surface area contributed by atoms with Crippen LogP contribution in [0.3, 0.4) is 0 Å². The van der Waals surface area contributed by atoms with Crippen molar-refractivity contribution in [3.63, 3.8) is 0 Å². The van der Waals surface area contributed by atoms with Gasteiger partial charge in [-0.25, -0.2) is 15.0 Å². The van der Waals surface area contributed by atoms with Crippen LogP contribution in [0.5, 0.6) is 0 Å². The summed E-state index contributed by atoms with van der Waals surface area (Å²) >= 11 is 0. The fourth-order valence-corrected chi connectivity index (χ4v) is 6.22. The number of nitrogens with zero attached hydrogens (tertiary/aromatic N) is 3. The second-order valence-electron chi connectivity index (χ2n) is 11.3. The SMILES string of the molecule is c1ccc(-c2nc(-c3ccc(-c4ccc5c(ccc6ccccc65)c4)cc3)nc(-c3ccc4oc5ccccc5c4c3)n2)cc1. The smallest absolute Gasteiger partial charge is 0.164 e. The maximum atomic E-state index is 6.07. The minimum atomic E-state index is 0.622. The van der Waals surface area contributed by atoms with E-state index in [4.69, 9.17) is 19.4 Å². The quantitative estimate of drug-likeness (QED) is 0.196. The molecule has 4 heteroatoms. The summed E-state index contributed by atoms with van der Waals surface area (Å²) in [5, 5.41) is 7.14. The maximum absolute atomic E-state index is 6.07. The fraction of sp³-hybridized carbons (Fsp3) is 0. The van der Waals surface area contributed by atoms with Crippen molar-refractivity contribution in [2.45, 2.75) is 0 Å². The van der Waals surface area contributed by atoms with Gasteiger partial charge < -0.3 is 4.42 Å². The Hall–Kier alpha value is -6.13. The second-order valence-corrected chi connectivity index (χ2v) is 11.3. The van der Waals surface area contributed by atoms with E-state index in [9.17, 15) is 0 Å². The molecule has 0 radical (unpaired) electrons. The molecule has 0 aliphatic carbocycles. The third-order valence-corrected chi connectivity index (χ3v) is 8.52. The molecule has 0 saturated carbocycles. The molecule has 0 aliphatic rings. The average Bonchev–Trinajstić information content (AvgIpc) is 3.49. The Morgan fingerprint density at radius 2 is 0.867 bits per heavy atom. The Bertz CT molecular complexity index is 2530. The summed E-state index contributed by atoms with van der Waals surface area (Å²) in [6.07, 6.45) is 0. The predicted octanol–water partition coefficient (Wildman–Crippen LogP) is 10.7. The largest absolute Gasteiger partial charge is 0.456 e. The lowest BCUT2D eigenvalue weighted by Gasteiger charge is -2.10. The normalized spacial score (nSPS) is 11.6. The van der Waals surface area contributed by atoms with E-state index in [1.807, 2.05) is 60.7 Å². The van der Waals surface area contributed by atoms with E-state index >= 15 is 0 Å². The monoisotopic (exact) mass is 575 g/mol. The number of aromatic nitrogens is 3. The topological polar surface area (TPSA) is 51.8 Å². The van der Waals surface area contributed by atoms with Crippen LogP contribution < -0.4 is 0 Å². The first-order valence-electron chi connectivity index (χ1n) is 15.0. The van der Waals surface area contributed by atoms with E-state index in [1.165, 1.54) is 27.1 Å². The number of hydrogen-bond donors (Lipinski definition) is 0. The lowest BCUT2D eigenvalue weighted by molar-refractivity contribution is 0.669. The number of fused-ring (bicyclic) bond motifs is 6. The second kappa shape index (κ2) is 10.2.